The van der Waals surface area contributed by atoms with Crippen LogP contribution in [0.15, 0.2) is 42.5 Å². The van der Waals surface area contributed by atoms with Gasteiger partial charge in [0.05, 0.1) is 7.11 Å². The van der Waals surface area contributed by atoms with Crippen LogP contribution in [0.2, 0.25) is 0 Å². The van der Waals surface area contributed by atoms with Gasteiger partial charge < -0.3 is 4.74 Å². The van der Waals surface area contributed by atoms with Gasteiger partial charge in [-0.3, -0.25) is 4.79 Å². The fourth-order valence-corrected chi connectivity index (χ4v) is 1.71. The zero-order valence-corrected chi connectivity index (χ0v) is 10.9. The zero-order chi connectivity index (χ0) is 13.7. The molecule has 0 aromatic heterocycles. The molecule has 2 rings (SSSR count). The highest BCUT2D eigenvalue weighted by Gasteiger charge is 1.98. The molecule has 0 spiro atoms. The topological polar surface area (TPSA) is 26.3 Å². The molecule has 2 heteroatoms. The Morgan fingerprint density at radius 3 is 2.42 bits per heavy atom. The summed E-state index contributed by atoms with van der Waals surface area (Å²) >= 11 is 0. The molecule has 0 unspecified atom stereocenters. The van der Waals surface area contributed by atoms with Gasteiger partial charge in [-0.15, -0.1) is 0 Å². The van der Waals surface area contributed by atoms with Gasteiger partial charge in [0, 0.05) is 16.7 Å². The van der Waals surface area contributed by atoms with Crippen molar-refractivity contribution in [3.8, 4) is 17.6 Å². The third kappa shape index (κ3) is 3.23. The summed E-state index contributed by atoms with van der Waals surface area (Å²) in [6, 6.07) is 13.2. The molecule has 0 N–H and O–H groups in total. The van der Waals surface area contributed by atoms with Gasteiger partial charge in [0.2, 0.25) is 0 Å². The van der Waals surface area contributed by atoms with Crippen LogP contribution in [0.3, 0.4) is 0 Å². The van der Waals surface area contributed by atoms with E-state index in [0.717, 1.165) is 28.7 Å². The van der Waals surface area contributed by atoms with E-state index in [2.05, 4.69) is 11.8 Å². The number of carbonyl (C=O) groups excluding carboxylic acids is 1. The van der Waals surface area contributed by atoms with Crippen LogP contribution in [0.25, 0.3) is 0 Å². The Labute approximate surface area is 113 Å². The van der Waals surface area contributed by atoms with Crippen molar-refractivity contribution in [1.82, 2.24) is 0 Å². The Morgan fingerprint density at radius 1 is 1.05 bits per heavy atom. The molecule has 94 valence electrons. The Hall–Kier alpha value is -2.53. The fraction of sp³-hybridized carbons (Fsp3) is 0.118. The van der Waals surface area contributed by atoms with Crippen LogP contribution in [0.1, 0.15) is 27.0 Å². The van der Waals surface area contributed by atoms with E-state index in [1.165, 1.54) is 0 Å². The number of aryl methyl sites for hydroxylation is 1. The quantitative estimate of drug-likeness (QED) is 0.604. The fourth-order valence-electron chi connectivity index (χ4n) is 1.71. The molecule has 0 saturated carbocycles. The van der Waals surface area contributed by atoms with Gasteiger partial charge in [-0.1, -0.05) is 23.5 Å². The second-order valence-electron chi connectivity index (χ2n) is 4.19. The first kappa shape index (κ1) is 12.9. The van der Waals surface area contributed by atoms with Crippen LogP contribution in [-0.2, 0) is 0 Å². The van der Waals surface area contributed by atoms with Crippen molar-refractivity contribution in [2.45, 2.75) is 6.92 Å². The predicted octanol–water partition coefficient (Wildman–Crippen LogP) is 3.22. The lowest BCUT2D eigenvalue weighted by Gasteiger charge is -1.99. The molecule has 0 fully saturated rings. The second kappa shape index (κ2) is 5.88. The molecule has 0 radical (unpaired) electrons. The van der Waals surface area contributed by atoms with Crippen LogP contribution in [0, 0.1) is 18.8 Å². The van der Waals surface area contributed by atoms with E-state index >= 15 is 0 Å². The van der Waals surface area contributed by atoms with Crippen molar-refractivity contribution in [3.63, 3.8) is 0 Å². The lowest BCUT2D eigenvalue weighted by Crippen LogP contribution is -1.88. The highest BCUT2D eigenvalue weighted by Crippen LogP contribution is 2.11. The minimum Gasteiger partial charge on any atom is -0.497 e. The minimum atomic E-state index is 0.626. The average molecular weight is 250 g/mol. The van der Waals surface area contributed by atoms with Gasteiger partial charge in [0.15, 0.2) is 6.29 Å². The molecule has 2 aromatic carbocycles. The van der Waals surface area contributed by atoms with Crippen molar-refractivity contribution >= 4 is 6.29 Å². The number of ether oxygens (including phenoxy) is 1. The smallest absolute Gasteiger partial charge is 0.151 e. The molecule has 0 saturated heterocycles. The van der Waals surface area contributed by atoms with Crippen molar-refractivity contribution in [2.75, 3.05) is 7.11 Å². The highest BCUT2D eigenvalue weighted by atomic mass is 16.5. The normalized spacial score (nSPS) is 9.37. The molecule has 0 bridgehead atoms. The van der Waals surface area contributed by atoms with Gasteiger partial charge in [0.1, 0.15) is 5.75 Å². The maximum Gasteiger partial charge on any atom is 0.151 e. The first-order chi connectivity index (χ1) is 9.22. The zero-order valence-electron chi connectivity index (χ0n) is 10.9. The largest absolute Gasteiger partial charge is 0.497 e. The predicted molar refractivity (Wildman–Crippen MR) is 75.5 cm³/mol. The summed E-state index contributed by atoms with van der Waals surface area (Å²) in [5, 5.41) is 0. The molecular weight excluding hydrogens is 236 g/mol. The third-order valence-corrected chi connectivity index (χ3v) is 2.77. The van der Waals surface area contributed by atoms with Crippen molar-refractivity contribution in [2.24, 2.45) is 0 Å². The maximum absolute atomic E-state index is 11.0. The summed E-state index contributed by atoms with van der Waals surface area (Å²) in [5.74, 6) is 6.87. The molecular formula is C17H14O2. The van der Waals surface area contributed by atoms with Crippen molar-refractivity contribution in [3.05, 3.63) is 64.7 Å². The SMILES string of the molecule is COc1ccc(C#Cc2ccc(C)cc2C=O)cc1. The number of carbonyl (C=O) groups is 1. The number of aldehydes is 1. The van der Waals surface area contributed by atoms with Crippen LogP contribution in [0.5, 0.6) is 5.75 Å². The van der Waals surface area contributed by atoms with Gasteiger partial charge in [0.25, 0.3) is 0 Å². The minimum absolute atomic E-state index is 0.626. The van der Waals surface area contributed by atoms with Crippen LogP contribution in [-0.4, -0.2) is 13.4 Å². The Morgan fingerprint density at radius 2 is 1.79 bits per heavy atom. The first-order valence-corrected chi connectivity index (χ1v) is 5.95. The Balaban J connectivity index is 2.30. The Bertz CT molecular complexity index is 643. The molecule has 19 heavy (non-hydrogen) atoms. The van der Waals surface area contributed by atoms with E-state index in [4.69, 9.17) is 4.74 Å². The standard InChI is InChI=1S/C17H14O2/c1-13-3-7-15(16(11-13)12-18)8-4-14-5-9-17(19-2)10-6-14/h3,5-7,9-12H,1-2H3. The molecule has 0 aliphatic carbocycles. The van der Waals surface area contributed by atoms with E-state index in [1.54, 1.807) is 7.11 Å². The molecule has 0 atom stereocenters. The number of methoxy groups -OCH3 is 1. The lowest BCUT2D eigenvalue weighted by molar-refractivity contribution is 0.112. The van der Waals surface area contributed by atoms with Crippen LogP contribution in [0.4, 0.5) is 0 Å². The van der Waals surface area contributed by atoms with Crippen molar-refractivity contribution < 1.29 is 9.53 Å². The molecule has 0 aliphatic rings. The van der Waals surface area contributed by atoms with E-state index in [0.29, 0.717) is 5.56 Å². The van der Waals surface area contributed by atoms with Gasteiger partial charge in [-0.2, -0.15) is 0 Å². The number of rotatable bonds is 2. The first-order valence-electron chi connectivity index (χ1n) is 5.95. The monoisotopic (exact) mass is 250 g/mol. The van der Waals surface area contributed by atoms with Gasteiger partial charge >= 0.3 is 0 Å². The second-order valence-corrected chi connectivity index (χ2v) is 4.19. The molecule has 0 aliphatic heterocycles. The Kier molecular flexibility index (Phi) is 4.00. The summed E-state index contributed by atoms with van der Waals surface area (Å²) in [6.07, 6.45) is 0.838. The molecule has 2 nitrogen and oxygen atoms in total. The molecule has 0 heterocycles. The molecule has 0 amide bonds. The summed E-state index contributed by atoms with van der Waals surface area (Å²) < 4.78 is 5.09. The van der Waals surface area contributed by atoms with Gasteiger partial charge in [-0.25, -0.2) is 0 Å². The average Bonchev–Trinajstić information content (AvgIpc) is 2.46. The lowest BCUT2D eigenvalue weighted by atomic mass is 10.1. The maximum atomic E-state index is 11.0. The van der Waals surface area contributed by atoms with E-state index in [-0.39, 0.29) is 0 Å². The van der Waals surface area contributed by atoms with E-state index < -0.39 is 0 Å². The third-order valence-electron chi connectivity index (χ3n) is 2.77. The summed E-state index contributed by atoms with van der Waals surface area (Å²) in [6.45, 7) is 1.95. The van der Waals surface area contributed by atoms with Gasteiger partial charge in [-0.05, 0) is 43.3 Å². The number of benzene rings is 2. The summed E-state index contributed by atoms with van der Waals surface area (Å²) in [4.78, 5) is 11.0. The summed E-state index contributed by atoms with van der Waals surface area (Å²) in [7, 11) is 1.63. The van der Waals surface area contributed by atoms with Crippen LogP contribution >= 0.6 is 0 Å². The number of hydrogen-bond donors (Lipinski definition) is 0. The van der Waals surface area contributed by atoms with E-state index in [1.807, 2.05) is 49.4 Å². The van der Waals surface area contributed by atoms with E-state index in [9.17, 15) is 4.79 Å². The van der Waals surface area contributed by atoms with Crippen molar-refractivity contribution in [1.29, 1.82) is 0 Å². The molecule has 2 aromatic rings. The highest BCUT2D eigenvalue weighted by molar-refractivity contribution is 5.80. The number of hydrogen-bond acceptors (Lipinski definition) is 2. The summed E-state index contributed by atoms with van der Waals surface area (Å²) in [5.41, 5.74) is 3.31. The van der Waals surface area contributed by atoms with Crippen LogP contribution < -0.4 is 4.74 Å².